The predicted molar refractivity (Wildman–Crippen MR) is 139 cm³/mol. The molecule has 1 radical (unpaired) electrons. The minimum atomic E-state index is -0.667. The first-order chi connectivity index (χ1) is 17.6. The standard InChI is InChI=1S/C30H29N2O4/c31-29(33)19-28(35-20-22-9-3-1-4-10-22)27-16-8-14-25-24(13-7-15-26(25)27)17-18-32-30(34)36-21-23-11-5-2-6-12-23/h1-16,28,31H,17-21H2,(H,32,34). The van der Waals surface area contributed by atoms with Gasteiger partial charge in [0, 0.05) is 6.54 Å². The third-order valence-electron chi connectivity index (χ3n) is 5.93. The molecule has 0 saturated heterocycles. The maximum absolute atomic E-state index is 12.1. The molecule has 2 N–H and O–H groups in total. The van der Waals surface area contributed by atoms with Gasteiger partial charge in [-0.25, -0.2) is 4.79 Å². The molecule has 183 valence electrons. The molecule has 0 aromatic heterocycles. The highest BCUT2D eigenvalue weighted by molar-refractivity contribution is 5.89. The molecule has 0 spiro atoms. The molecule has 0 aliphatic rings. The van der Waals surface area contributed by atoms with Crippen LogP contribution in [0.3, 0.4) is 0 Å². The number of rotatable bonds is 11. The Morgan fingerprint density at radius 2 is 1.39 bits per heavy atom. The summed E-state index contributed by atoms with van der Waals surface area (Å²) in [5.74, 6) is -0.667. The van der Waals surface area contributed by atoms with Gasteiger partial charge in [-0.1, -0.05) is 97.1 Å². The molecule has 0 aliphatic carbocycles. The molecule has 0 aliphatic heterocycles. The van der Waals surface area contributed by atoms with Crippen molar-refractivity contribution in [1.29, 1.82) is 0 Å². The molecule has 6 nitrogen and oxygen atoms in total. The fourth-order valence-corrected chi connectivity index (χ4v) is 4.17. The summed E-state index contributed by atoms with van der Waals surface area (Å²) in [7, 11) is 0. The zero-order valence-electron chi connectivity index (χ0n) is 20.0. The highest BCUT2D eigenvalue weighted by atomic mass is 16.5. The van der Waals surface area contributed by atoms with E-state index in [1.165, 1.54) is 0 Å². The van der Waals surface area contributed by atoms with Crippen molar-refractivity contribution in [1.82, 2.24) is 11.1 Å². The lowest BCUT2D eigenvalue weighted by Crippen LogP contribution is -2.26. The van der Waals surface area contributed by atoms with E-state index >= 15 is 0 Å². The van der Waals surface area contributed by atoms with Crippen molar-refractivity contribution >= 4 is 22.8 Å². The molecule has 0 bridgehead atoms. The lowest BCUT2D eigenvalue weighted by atomic mass is 9.94. The van der Waals surface area contributed by atoms with Gasteiger partial charge in [-0.15, -0.1) is 0 Å². The lowest BCUT2D eigenvalue weighted by molar-refractivity contribution is -0.121. The lowest BCUT2D eigenvalue weighted by Gasteiger charge is -2.20. The third kappa shape index (κ3) is 6.93. The maximum Gasteiger partial charge on any atom is 0.407 e. The van der Waals surface area contributed by atoms with Crippen LogP contribution in [0.25, 0.3) is 10.8 Å². The summed E-state index contributed by atoms with van der Waals surface area (Å²) in [6.07, 6.45) is -0.387. The first-order valence-electron chi connectivity index (χ1n) is 11.9. The third-order valence-corrected chi connectivity index (χ3v) is 5.93. The summed E-state index contributed by atoms with van der Waals surface area (Å²) in [5.41, 5.74) is 11.4. The summed E-state index contributed by atoms with van der Waals surface area (Å²) in [6.45, 7) is 1.00. The molecular weight excluding hydrogens is 452 g/mol. The van der Waals surface area contributed by atoms with Gasteiger partial charge in [0.2, 0.25) is 5.91 Å². The van der Waals surface area contributed by atoms with Gasteiger partial charge in [0.05, 0.1) is 19.1 Å². The Hall–Kier alpha value is -4.16. The zero-order chi connectivity index (χ0) is 25.2. The Morgan fingerprint density at radius 3 is 2.08 bits per heavy atom. The van der Waals surface area contributed by atoms with Gasteiger partial charge in [-0.2, -0.15) is 0 Å². The summed E-state index contributed by atoms with van der Waals surface area (Å²) in [4.78, 5) is 23.8. The number of alkyl carbamates (subject to hydrolysis) is 1. The van der Waals surface area contributed by atoms with Crippen LogP contribution in [0, 0.1) is 0 Å². The Kier molecular flexibility index (Phi) is 8.67. The van der Waals surface area contributed by atoms with E-state index in [1.54, 1.807) is 0 Å². The molecule has 0 fully saturated rings. The average molecular weight is 482 g/mol. The van der Waals surface area contributed by atoms with Crippen LogP contribution in [-0.2, 0) is 33.9 Å². The fourth-order valence-electron chi connectivity index (χ4n) is 4.17. The fraction of sp³-hybridized carbons (Fsp3) is 0.200. The number of hydrogen-bond donors (Lipinski definition) is 1. The highest BCUT2D eigenvalue weighted by Crippen LogP contribution is 2.31. The Morgan fingerprint density at radius 1 is 0.750 bits per heavy atom. The van der Waals surface area contributed by atoms with Crippen molar-refractivity contribution in [3.63, 3.8) is 0 Å². The van der Waals surface area contributed by atoms with Crippen LogP contribution in [0.2, 0.25) is 0 Å². The van der Waals surface area contributed by atoms with E-state index in [-0.39, 0.29) is 13.0 Å². The number of benzene rings is 4. The van der Waals surface area contributed by atoms with Crippen LogP contribution in [-0.4, -0.2) is 18.5 Å². The number of ether oxygens (including phenoxy) is 2. The van der Waals surface area contributed by atoms with E-state index in [1.807, 2.05) is 97.1 Å². The monoisotopic (exact) mass is 481 g/mol. The zero-order valence-corrected chi connectivity index (χ0v) is 20.0. The minimum Gasteiger partial charge on any atom is -0.445 e. The van der Waals surface area contributed by atoms with Gasteiger partial charge in [0.15, 0.2) is 0 Å². The molecule has 1 atom stereocenters. The molecule has 1 unspecified atom stereocenters. The quantitative estimate of drug-likeness (QED) is 0.295. The topological polar surface area (TPSA) is 88.4 Å². The van der Waals surface area contributed by atoms with Gasteiger partial charge >= 0.3 is 6.09 Å². The number of carbonyl (C=O) groups is 2. The average Bonchev–Trinajstić information content (AvgIpc) is 2.91. The SMILES string of the molecule is [NH]C(=O)CC(OCc1ccccc1)c1cccc2c(CCNC(=O)OCc3ccccc3)cccc12. The molecular formula is C30H29N2O4. The normalized spacial score (nSPS) is 11.7. The molecule has 2 amide bonds. The van der Waals surface area contributed by atoms with E-state index < -0.39 is 18.1 Å². The summed E-state index contributed by atoms with van der Waals surface area (Å²) >= 11 is 0. The molecule has 4 aromatic rings. The predicted octanol–water partition coefficient (Wildman–Crippen LogP) is 5.77. The highest BCUT2D eigenvalue weighted by Gasteiger charge is 2.19. The molecule has 0 saturated carbocycles. The second kappa shape index (κ2) is 12.5. The molecule has 36 heavy (non-hydrogen) atoms. The molecule has 0 heterocycles. The smallest absolute Gasteiger partial charge is 0.407 e. The van der Waals surface area contributed by atoms with E-state index in [0.717, 1.165) is 33.0 Å². The summed E-state index contributed by atoms with van der Waals surface area (Å²) in [5, 5.41) is 4.81. The molecule has 6 heteroatoms. The molecule has 4 rings (SSSR count). The van der Waals surface area contributed by atoms with Crippen molar-refractivity contribution in [2.24, 2.45) is 0 Å². The van der Waals surface area contributed by atoms with Crippen molar-refractivity contribution in [2.45, 2.75) is 32.2 Å². The van der Waals surface area contributed by atoms with Crippen molar-refractivity contribution in [2.75, 3.05) is 6.54 Å². The Balaban J connectivity index is 1.43. The number of amides is 2. The van der Waals surface area contributed by atoms with Crippen LogP contribution in [0.1, 0.15) is 34.8 Å². The van der Waals surface area contributed by atoms with E-state index in [4.69, 9.17) is 15.2 Å². The van der Waals surface area contributed by atoms with Crippen LogP contribution < -0.4 is 11.1 Å². The van der Waals surface area contributed by atoms with Crippen LogP contribution in [0.15, 0.2) is 97.1 Å². The van der Waals surface area contributed by atoms with Gasteiger partial charge < -0.3 is 14.8 Å². The maximum atomic E-state index is 12.1. The summed E-state index contributed by atoms with van der Waals surface area (Å²) < 4.78 is 11.4. The van der Waals surface area contributed by atoms with Crippen LogP contribution >= 0.6 is 0 Å². The summed E-state index contributed by atoms with van der Waals surface area (Å²) in [6, 6.07) is 31.2. The van der Waals surface area contributed by atoms with Gasteiger partial charge in [-0.05, 0) is 39.4 Å². The second-order valence-electron chi connectivity index (χ2n) is 8.51. The molecule has 4 aromatic carbocycles. The number of carbonyl (C=O) groups excluding carboxylic acids is 2. The number of nitrogens with one attached hydrogen (secondary N) is 2. The van der Waals surface area contributed by atoms with E-state index in [2.05, 4.69) is 5.32 Å². The van der Waals surface area contributed by atoms with Crippen LogP contribution in [0.5, 0.6) is 0 Å². The largest absolute Gasteiger partial charge is 0.445 e. The second-order valence-corrected chi connectivity index (χ2v) is 8.51. The number of hydrogen-bond acceptors (Lipinski definition) is 4. The van der Waals surface area contributed by atoms with Gasteiger partial charge in [0.25, 0.3) is 0 Å². The van der Waals surface area contributed by atoms with Crippen molar-refractivity contribution < 1.29 is 19.1 Å². The first kappa shape index (κ1) is 24.9. The van der Waals surface area contributed by atoms with Gasteiger partial charge in [-0.3, -0.25) is 10.5 Å². The van der Waals surface area contributed by atoms with E-state index in [9.17, 15) is 9.59 Å². The van der Waals surface area contributed by atoms with E-state index in [0.29, 0.717) is 19.6 Å². The minimum absolute atomic E-state index is 0.0228. The van der Waals surface area contributed by atoms with Crippen LogP contribution in [0.4, 0.5) is 4.79 Å². The van der Waals surface area contributed by atoms with Crippen molar-refractivity contribution in [3.05, 3.63) is 119 Å². The van der Waals surface area contributed by atoms with Crippen molar-refractivity contribution in [3.8, 4) is 0 Å². The number of fused-ring (bicyclic) bond motifs is 1. The van der Waals surface area contributed by atoms with Gasteiger partial charge in [0.1, 0.15) is 6.61 Å². The Labute approximate surface area is 211 Å². The Bertz CT molecular complexity index is 1290. The first-order valence-corrected chi connectivity index (χ1v) is 11.9.